The monoisotopic (exact) mass is 327 g/mol. The molecule has 0 N–H and O–H groups in total. The third-order valence-corrected chi connectivity index (χ3v) is 3.14. The second-order valence-corrected chi connectivity index (χ2v) is 4.31. The molecule has 0 aliphatic carbocycles. The van der Waals surface area contributed by atoms with E-state index in [4.69, 9.17) is 0 Å². The zero-order valence-corrected chi connectivity index (χ0v) is 10.8. The molecule has 0 saturated carbocycles. The molecule has 0 aromatic heterocycles. The van der Waals surface area contributed by atoms with Gasteiger partial charge in [0.05, 0.1) is 5.70 Å². The standard InChI is InChI=1S/C11H7Br2NO/c12-7-10-9(13)6-11(15)14(10)8-4-2-1-3-5-8/h1-7H/b10-7-. The van der Waals surface area contributed by atoms with Crippen molar-refractivity contribution in [2.75, 3.05) is 4.90 Å². The minimum Gasteiger partial charge on any atom is -0.276 e. The summed E-state index contributed by atoms with van der Waals surface area (Å²) in [5, 5.41) is 0. The van der Waals surface area contributed by atoms with Gasteiger partial charge in [0.2, 0.25) is 0 Å². The van der Waals surface area contributed by atoms with Gasteiger partial charge in [-0.1, -0.05) is 34.1 Å². The summed E-state index contributed by atoms with van der Waals surface area (Å²) in [5.74, 6) is -0.0428. The van der Waals surface area contributed by atoms with E-state index in [1.165, 1.54) is 0 Å². The first-order valence-electron chi connectivity index (χ1n) is 4.31. The predicted octanol–water partition coefficient (Wildman–Crippen LogP) is 3.55. The molecule has 1 aromatic carbocycles. The Bertz CT molecular complexity index is 451. The van der Waals surface area contributed by atoms with Crippen molar-refractivity contribution in [3.05, 3.63) is 51.6 Å². The number of carbonyl (C=O) groups excluding carboxylic acids is 1. The highest BCUT2D eigenvalue weighted by Gasteiger charge is 2.26. The van der Waals surface area contributed by atoms with Crippen LogP contribution in [0.15, 0.2) is 51.6 Å². The molecule has 0 radical (unpaired) electrons. The Morgan fingerprint density at radius 2 is 1.87 bits per heavy atom. The largest absolute Gasteiger partial charge is 0.276 e. The second kappa shape index (κ2) is 4.33. The van der Waals surface area contributed by atoms with Gasteiger partial charge in [-0.3, -0.25) is 9.69 Å². The Balaban J connectivity index is 2.44. The number of nitrogens with zero attached hydrogens (tertiary/aromatic N) is 1. The summed E-state index contributed by atoms with van der Waals surface area (Å²) >= 11 is 6.60. The molecule has 1 aliphatic rings. The zero-order chi connectivity index (χ0) is 10.8. The molecule has 0 fully saturated rings. The fourth-order valence-electron chi connectivity index (χ4n) is 1.42. The van der Waals surface area contributed by atoms with Crippen LogP contribution in [0.3, 0.4) is 0 Å². The van der Waals surface area contributed by atoms with E-state index in [0.29, 0.717) is 0 Å². The molecule has 0 spiro atoms. The van der Waals surface area contributed by atoms with Crippen LogP contribution in [0.1, 0.15) is 0 Å². The van der Waals surface area contributed by atoms with Gasteiger partial charge in [0.25, 0.3) is 5.91 Å². The lowest BCUT2D eigenvalue weighted by Crippen LogP contribution is -2.23. The minimum absolute atomic E-state index is 0.0428. The number of anilines is 1. The number of carbonyl (C=O) groups is 1. The van der Waals surface area contributed by atoms with Crippen molar-refractivity contribution in [3.8, 4) is 0 Å². The molecule has 0 unspecified atom stereocenters. The third kappa shape index (κ3) is 1.92. The maximum absolute atomic E-state index is 11.7. The van der Waals surface area contributed by atoms with Crippen LogP contribution in [0.4, 0.5) is 5.69 Å². The summed E-state index contributed by atoms with van der Waals surface area (Å²) in [6.07, 6.45) is 1.56. The van der Waals surface area contributed by atoms with Crippen LogP contribution in [-0.4, -0.2) is 5.91 Å². The van der Waals surface area contributed by atoms with Crippen molar-refractivity contribution in [1.82, 2.24) is 0 Å². The van der Waals surface area contributed by atoms with Crippen molar-refractivity contribution in [2.24, 2.45) is 0 Å². The number of benzene rings is 1. The first-order valence-corrected chi connectivity index (χ1v) is 6.02. The van der Waals surface area contributed by atoms with Crippen molar-refractivity contribution in [3.63, 3.8) is 0 Å². The van der Waals surface area contributed by atoms with Crippen LogP contribution in [0.2, 0.25) is 0 Å². The van der Waals surface area contributed by atoms with Crippen LogP contribution in [0, 0.1) is 0 Å². The van der Waals surface area contributed by atoms with Crippen LogP contribution in [0.5, 0.6) is 0 Å². The number of amides is 1. The average molecular weight is 329 g/mol. The molecular weight excluding hydrogens is 322 g/mol. The molecule has 0 bridgehead atoms. The smallest absolute Gasteiger partial charge is 0.256 e. The molecule has 1 heterocycles. The molecule has 2 rings (SSSR count). The summed E-state index contributed by atoms with van der Waals surface area (Å²) in [6.45, 7) is 0. The summed E-state index contributed by atoms with van der Waals surface area (Å²) in [6, 6.07) is 9.52. The van der Waals surface area contributed by atoms with Crippen molar-refractivity contribution in [1.29, 1.82) is 0 Å². The fraction of sp³-hybridized carbons (Fsp3) is 0. The Hall–Kier alpha value is -0.870. The van der Waals surface area contributed by atoms with Crippen molar-refractivity contribution >= 4 is 43.5 Å². The first kappa shape index (κ1) is 10.6. The summed E-state index contributed by atoms with van der Waals surface area (Å²) < 4.78 is 0.785. The Morgan fingerprint density at radius 1 is 1.20 bits per heavy atom. The Morgan fingerprint density at radius 3 is 2.47 bits per heavy atom. The van der Waals surface area contributed by atoms with E-state index in [9.17, 15) is 4.79 Å². The van der Waals surface area contributed by atoms with E-state index >= 15 is 0 Å². The lowest BCUT2D eigenvalue weighted by Gasteiger charge is -2.18. The number of para-hydroxylation sites is 1. The number of halogens is 2. The van der Waals surface area contributed by atoms with Crippen molar-refractivity contribution < 1.29 is 4.79 Å². The van der Waals surface area contributed by atoms with Crippen LogP contribution in [0.25, 0.3) is 0 Å². The quantitative estimate of drug-likeness (QED) is 0.772. The van der Waals surface area contributed by atoms with Gasteiger partial charge in [0.1, 0.15) is 0 Å². The highest BCUT2D eigenvalue weighted by molar-refractivity contribution is 9.12. The minimum atomic E-state index is -0.0428. The summed E-state index contributed by atoms with van der Waals surface area (Å²) in [4.78, 5) is 15.1. The molecule has 76 valence electrons. The number of allylic oxidation sites excluding steroid dienone is 1. The zero-order valence-electron chi connectivity index (χ0n) is 7.65. The Kier molecular flexibility index (Phi) is 3.07. The van der Waals surface area contributed by atoms with E-state index in [1.54, 1.807) is 16.0 Å². The topological polar surface area (TPSA) is 20.3 Å². The molecule has 4 heteroatoms. The van der Waals surface area contributed by atoms with Gasteiger partial charge in [0.15, 0.2) is 0 Å². The SMILES string of the molecule is O=C1C=C(Br)/C(=C/Br)N1c1ccccc1. The summed E-state index contributed by atoms with van der Waals surface area (Å²) in [5.41, 5.74) is 1.67. The van der Waals surface area contributed by atoms with Gasteiger partial charge in [-0.15, -0.1) is 0 Å². The van der Waals surface area contributed by atoms with Gasteiger partial charge in [-0.2, -0.15) is 0 Å². The number of hydrogen-bond donors (Lipinski definition) is 0. The fourth-order valence-corrected chi connectivity index (χ4v) is 2.66. The van der Waals surface area contributed by atoms with Crippen LogP contribution in [-0.2, 0) is 4.79 Å². The average Bonchev–Trinajstić information content (AvgIpc) is 2.54. The van der Waals surface area contributed by atoms with Crippen molar-refractivity contribution in [2.45, 2.75) is 0 Å². The summed E-state index contributed by atoms with van der Waals surface area (Å²) in [7, 11) is 0. The molecule has 0 saturated heterocycles. The third-order valence-electron chi connectivity index (χ3n) is 2.07. The first-order chi connectivity index (χ1) is 7.24. The maximum atomic E-state index is 11.7. The second-order valence-electron chi connectivity index (χ2n) is 3.00. The molecular formula is C11H7Br2NO. The van der Waals surface area contributed by atoms with E-state index in [1.807, 2.05) is 30.3 Å². The normalized spacial score (nSPS) is 18.5. The van der Waals surface area contributed by atoms with E-state index in [2.05, 4.69) is 31.9 Å². The Labute approximate surface area is 105 Å². The van der Waals surface area contributed by atoms with E-state index in [-0.39, 0.29) is 5.91 Å². The van der Waals surface area contributed by atoms with Crippen LogP contribution < -0.4 is 4.90 Å². The van der Waals surface area contributed by atoms with Gasteiger partial charge in [0, 0.05) is 21.2 Å². The van der Waals surface area contributed by atoms with Gasteiger partial charge in [-0.25, -0.2) is 0 Å². The molecule has 0 atom stereocenters. The lowest BCUT2D eigenvalue weighted by molar-refractivity contribution is -0.113. The van der Waals surface area contributed by atoms with Crippen LogP contribution >= 0.6 is 31.9 Å². The van der Waals surface area contributed by atoms with Gasteiger partial charge in [-0.05, 0) is 28.1 Å². The molecule has 15 heavy (non-hydrogen) atoms. The maximum Gasteiger partial charge on any atom is 0.256 e. The molecule has 1 amide bonds. The molecule has 1 aromatic rings. The van der Waals surface area contributed by atoms with Gasteiger partial charge < -0.3 is 0 Å². The highest BCUT2D eigenvalue weighted by Crippen LogP contribution is 2.33. The van der Waals surface area contributed by atoms with E-state index in [0.717, 1.165) is 15.9 Å². The molecule has 2 nitrogen and oxygen atoms in total. The number of rotatable bonds is 1. The molecule has 1 aliphatic heterocycles. The highest BCUT2D eigenvalue weighted by atomic mass is 79.9. The number of hydrogen-bond acceptors (Lipinski definition) is 1. The van der Waals surface area contributed by atoms with E-state index < -0.39 is 0 Å². The van der Waals surface area contributed by atoms with Gasteiger partial charge >= 0.3 is 0 Å². The lowest BCUT2D eigenvalue weighted by atomic mass is 10.3. The predicted molar refractivity (Wildman–Crippen MR) is 67.9 cm³/mol.